The molecule has 8 heteroatoms. The van der Waals surface area contributed by atoms with E-state index in [1.165, 1.54) is 6.26 Å². The summed E-state index contributed by atoms with van der Waals surface area (Å²) in [6, 6.07) is 7.37. The van der Waals surface area contributed by atoms with E-state index < -0.39 is 20.8 Å². The van der Waals surface area contributed by atoms with Crippen LogP contribution in [0.5, 0.6) is 6.01 Å². The summed E-state index contributed by atoms with van der Waals surface area (Å²) in [5.41, 5.74) is 1.74. The van der Waals surface area contributed by atoms with Gasteiger partial charge in [0.05, 0.1) is 5.25 Å². The smallest absolute Gasteiger partial charge is 0.441 e. The molecule has 0 amide bonds. The van der Waals surface area contributed by atoms with Crippen LogP contribution in [-0.4, -0.2) is 30.9 Å². The largest absolute Gasteiger partial charge is 0.459 e. The van der Waals surface area contributed by atoms with Crippen molar-refractivity contribution in [3.8, 4) is 6.01 Å². The zero-order valence-corrected chi connectivity index (χ0v) is 12.1. The number of fused-ring (bicyclic) bond motifs is 1. The molecule has 0 spiro atoms. The van der Waals surface area contributed by atoms with Crippen LogP contribution in [-0.2, 0) is 16.3 Å². The minimum absolute atomic E-state index is 0.0309. The van der Waals surface area contributed by atoms with Gasteiger partial charge in [-0.3, -0.25) is 4.52 Å². The highest BCUT2D eigenvalue weighted by Crippen LogP contribution is 2.36. The molecule has 2 aromatic rings. The van der Waals surface area contributed by atoms with Crippen molar-refractivity contribution in [3.05, 3.63) is 45.9 Å². The molecule has 1 aliphatic rings. The van der Waals surface area contributed by atoms with Crippen molar-refractivity contribution in [3.63, 3.8) is 0 Å². The van der Waals surface area contributed by atoms with Crippen LogP contribution in [0.15, 0.2) is 33.6 Å². The predicted octanol–water partition coefficient (Wildman–Crippen LogP) is 0.842. The Kier molecular flexibility index (Phi) is 3.32. The van der Waals surface area contributed by atoms with Gasteiger partial charge in [-0.15, -0.1) is 0 Å². The number of nitrogens with one attached hydrogen (secondary N) is 1. The number of hydrogen-bond donors (Lipinski definition) is 1. The summed E-state index contributed by atoms with van der Waals surface area (Å²) in [4.78, 5) is 13.2. The Morgan fingerprint density at radius 2 is 2.14 bits per heavy atom. The molecule has 0 fully saturated rings. The first-order valence-electron chi connectivity index (χ1n) is 6.43. The van der Waals surface area contributed by atoms with E-state index in [2.05, 4.69) is 14.7 Å². The Morgan fingerprint density at radius 1 is 1.38 bits per heavy atom. The molecule has 1 unspecified atom stereocenters. The van der Waals surface area contributed by atoms with Crippen LogP contribution in [0.1, 0.15) is 22.8 Å². The van der Waals surface area contributed by atoms with Gasteiger partial charge in [0, 0.05) is 19.1 Å². The summed E-state index contributed by atoms with van der Waals surface area (Å²) in [5, 5.41) is 2.82. The fraction of sp³-hybridized carbons (Fsp3) is 0.385. The third-order valence-corrected chi connectivity index (χ3v) is 5.02. The number of rotatable bonds is 3. The Morgan fingerprint density at radius 3 is 2.81 bits per heavy atom. The lowest BCUT2D eigenvalue weighted by Crippen LogP contribution is -2.31. The van der Waals surface area contributed by atoms with Crippen molar-refractivity contribution in [2.24, 2.45) is 0 Å². The van der Waals surface area contributed by atoms with E-state index in [1.807, 2.05) is 24.3 Å². The van der Waals surface area contributed by atoms with Gasteiger partial charge in [0.15, 0.2) is 9.84 Å². The lowest BCUT2D eigenvalue weighted by Gasteiger charge is -2.29. The summed E-state index contributed by atoms with van der Waals surface area (Å²) in [5.74, 6) is -0.708. The van der Waals surface area contributed by atoms with Gasteiger partial charge in [0.2, 0.25) is 0 Å². The highest BCUT2D eigenvalue weighted by molar-refractivity contribution is 7.90. The second-order valence-electron chi connectivity index (χ2n) is 5.10. The van der Waals surface area contributed by atoms with Crippen LogP contribution >= 0.6 is 0 Å². The lowest BCUT2D eigenvalue weighted by molar-refractivity contribution is 0.160. The molecule has 1 heterocycles. The number of sulfone groups is 1. The summed E-state index contributed by atoms with van der Waals surface area (Å²) in [7, 11) is -3.26. The number of H-pyrrole nitrogens is 1. The van der Waals surface area contributed by atoms with Gasteiger partial charge in [-0.2, -0.15) is 0 Å². The van der Waals surface area contributed by atoms with E-state index in [0.29, 0.717) is 12.8 Å². The van der Waals surface area contributed by atoms with Crippen molar-refractivity contribution in [1.82, 2.24) is 10.1 Å². The predicted molar refractivity (Wildman–Crippen MR) is 73.9 cm³/mol. The van der Waals surface area contributed by atoms with E-state index in [0.717, 1.165) is 11.1 Å². The molecule has 7 nitrogen and oxygen atoms in total. The van der Waals surface area contributed by atoms with Gasteiger partial charge in [0.25, 0.3) is 0 Å². The zero-order chi connectivity index (χ0) is 15.0. The Bertz CT molecular complexity index is 808. The first-order valence-corrected chi connectivity index (χ1v) is 8.38. The van der Waals surface area contributed by atoms with Crippen molar-refractivity contribution >= 4 is 9.84 Å². The molecule has 0 saturated carbocycles. The molecule has 1 aromatic heterocycles. The number of ether oxygens (including phenoxy) is 1. The lowest BCUT2D eigenvalue weighted by atomic mass is 9.89. The topological polar surface area (TPSA) is 102 Å². The molecule has 3 rings (SSSR count). The monoisotopic (exact) mass is 310 g/mol. The molecule has 112 valence electrons. The van der Waals surface area contributed by atoms with Crippen LogP contribution in [0.2, 0.25) is 0 Å². The van der Waals surface area contributed by atoms with Crippen molar-refractivity contribution in [2.45, 2.75) is 24.2 Å². The first-order chi connectivity index (χ1) is 9.93. The fourth-order valence-electron chi connectivity index (χ4n) is 2.65. The molecular formula is C13H14N2O5S. The summed E-state index contributed by atoms with van der Waals surface area (Å²) in [6.45, 7) is 0. The Balaban J connectivity index is 1.92. The van der Waals surface area contributed by atoms with Crippen LogP contribution in [0.4, 0.5) is 0 Å². The van der Waals surface area contributed by atoms with Gasteiger partial charge in [-0.25, -0.2) is 18.2 Å². The molecule has 1 aromatic carbocycles. The van der Waals surface area contributed by atoms with E-state index in [1.54, 1.807) is 0 Å². The second-order valence-corrected chi connectivity index (χ2v) is 7.32. The maximum absolute atomic E-state index is 12.0. The van der Waals surface area contributed by atoms with Crippen molar-refractivity contribution in [1.29, 1.82) is 0 Å². The third kappa shape index (κ3) is 2.85. The number of aromatic nitrogens is 2. The molecular weight excluding hydrogens is 296 g/mol. The standard InChI is InChI=1S/C13H14N2O5S/c1-21(17,18)11-7-9(19-12-14-13(16)20-15-12)6-8-4-2-3-5-10(8)11/h2-5,9,11H,6-7H2,1H3,(H,14,15,16)/t9-,11?/m1/s1. The van der Waals surface area contributed by atoms with E-state index in [-0.39, 0.29) is 12.1 Å². The molecule has 0 radical (unpaired) electrons. The molecule has 2 atom stereocenters. The van der Waals surface area contributed by atoms with Crippen LogP contribution in [0.3, 0.4) is 0 Å². The highest BCUT2D eigenvalue weighted by Gasteiger charge is 2.34. The number of hydrogen-bond acceptors (Lipinski definition) is 6. The van der Waals surface area contributed by atoms with Crippen molar-refractivity contribution in [2.75, 3.05) is 6.26 Å². The van der Waals surface area contributed by atoms with Gasteiger partial charge < -0.3 is 4.74 Å². The zero-order valence-electron chi connectivity index (χ0n) is 11.3. The molecule has 21 heavy (non-hydrogen) atoms. The SMILES string of the molecule is CS(=O)(=O)C1C[C@H](Oc2noc(=O)[nH]2)Cc2ccccc21. The summed E-state index contributed by atoms with van der Waals surface area (Å²) in [6.07, 6.45) is 1.69. The number of nitrogens with zero attached hydrogens (tertiary/aromatic N) is 1. The molecule has 1 N–H and O–H groups in total. The quantitative estimate of drug-likeness (QED) is 0.901. The minimum atomic E-state index is -3.26. The van der Waals surface area contributed by atoms with Crippen molar-refractivity contribution < 1.29 is 17.7 Å². The average Bonchev–Trinajstić information content (AvgIpc) is 2.82. The van der Waals surface area contributed by atoms with Crippen LogP contribution < -0.4 is 10.5 Å². The Labute approximate surface area is 120 Å². The van der Waals surface area contributed by atoms with E-state index in [9.17, 15) is 13.2 Å². The third-order valence-electron chi connectivity index (χ3n) is 3.54. The minimum Gasteiger partial charge on any atom is -0.459 e. The highest BCUT2D eigenvalue weighted by atomic mass is 32.2. The maximum atomic E-state index is 12.0. The van der Waals surface area contributed by atoms with Gasteiger partial charge >= 0.3 is 11.8 Å². The normalized spacial score (nSPS) is 21.8. The van der Waals surface area contributed by atoms with Crippen LogP contribution in [0, 0.1) is 0 Å². The second kappa shape index (κ2) is 5.03. The first kappa shape index (κ1) is 13.9. The fourth-order valence-corrected chi connectivity index (χ4v) is 3.90. The molecule has 0 aliphatic heterocycles. The van der Waals surface area contributed by atoms with E-state index >= 15 is 0 Å². The maximum Gasteiger partial charge on any atom is 0.441 e. The molecule has 1 aliphatic carbocycles. The van der Waals surface area contributed by atoms with Crippen LogP contribution in [0.25, 0.3) is 0 Å². The average molecular weight is 310 g/mol. The number of aromatic amines is 1. The molecule has 0 bridgehead atoms. The summed E-state index contributed by atoms with van der Waals surface area (Å²) >= 11 is 0. The van der Waals surface area contributed by atoms with Gasteiger partial charge in [-0.1, -0.05) is 24.3 Å². The van der Waals surface area contributed by atoms with Gasteiger partial charge in [0.1, 0.15) is 6.10 Å². The number of benzene rings is 1. The Hall–Kier alpha value is -2.09. The van der Waals surface area contributed by atoms with Gasteiger partial charge in [-0.05, 0) is 16.3 Å². The summed E-state index contributed by atoms with van der Waals surface area (Å²) < 4.78 is 33.9. The van der Waals surface area contributed by atoms with E-state index in [4.69, 9.17) is 4.74 Å². The molecule has 0 saturated heterocycles.